The highest BCUT2D eigenvalue weighted by molar-refractivity contribution is 6.80. The molecule has 0 aromatic heterocycles. The molecule has 2 nitrogen and oxygen atoms in total. The summed E-state index contributed by atoms with van der Waals surface area (Å²) in [7, 11) is -1.22. The van der Waals surface area contributed by atoms with E-state index in [0.717, 1.165) is 19.4 Å². The largest absolute Gasteiger partial charge is 0.407 e. The normalized spacial score (nSPS) is 20.5. The monoisotopic (exact) mass is 353 g/mol. The Bertz CT molecular complexity index is 655. The van der Waals surface area contributed by atoms with Crippen LogP contribution in [0.1, 0.15) is 39.2 Å². The van der Waals surface area contributed by atoms with Crippen LogP contribution in [0.4, 0.5) is 0 Å². The average Bonchev–Trinajstić information content (AvgIpc) is 2.57. The SMILES string of the molecule is CC(C)(C)c1ccc([Si](OCC2CC(CO)C2)c2ccccc2)cc1. The maximum atomic E-state index is 9.19. The molecular formula is C22H29O2Si. The van der Waals surface area contributed by atoms with Gasteiger partial charge in [-0.3, -0.25) is 0 Å². The van der Waals surface area contributed by atoms with E-state index in [1.54, 1.807) is 0 Å². The van der Waals surface area contributed by atoms with Crippen molar-refractivity contribution in [1.82, 2.24) is 0 Å². The molecule has 3 rings (SSSR count). The predicted octanol–water partition coefficient (Wildman–Crippen LogP) is 3.12. The van der Waals surface area contributed by atoms with Gasteiger partial charge in [0.15, 0.2) is 0 Å². The highest BCUT2D eigenvalue weighted by Crippen LogP contribution is 2.33. The summed E-state index contributed by atoms with van der Waals surface area (Å²) in [5.41, 5.74) is 1.53. The van der Waals surface area contributed by atoms with Crippen LogP contribution in [0.15, 0.2) is 54.6 Å². The van der Waals surface area contributed by atoms with Crippen molar-refractivity contribution in [2.45, 2.75) is 39.0 Å². The van der Waals surface area contributed by atoms with E-state index < -0.39 is 9.04 Å². The maximum absolute atomic E-state index is 9.19. The molecule has 0 bridgehead atoms. The zero-order chi connectivity index (χ0) is 17.9. The van der Waals surface area contributed by atoms with Gasteiger partial charge in [0.05, 0.1) is 0 Å². The highest BCUT2D eigenvalue weighted by Gasteiger charge is 2.30. The lowest BCUT2D eigenvalue weighted by atomic mass is 9.76. The van der Waals surface area contributed by atoms with E-state index in [4.69, 9.17) is 4.43 Å². The standard InChI is InChI=1S/C22H29O2Si/c1-22(2,3)19-9-11-21(12-10-19)25(20-7-5-4-6-8-20)24-16-18-13-17(14-18)15-23/h4-12,17-18,23H,13-16H2,1-3H3. The first-order valence-corrected chi connectivity index (χ1v) is 10.6. The van der Waals surface area contributed by atoms with Crippen LogP contribution in [-0.2, 0) is 9.84 Å². The minimum absolute atomic E-state index is 0.171. The lowest BCUT2D eigenvalue weighted by Gasteiger charge is -2.34. The van der Waals surface area contributed by atoms with Gasteiger partial charge in [0.2, 0.25) is 0 Å². The van der Waals surface area contributed by atoms with E-state index in [1.165, 1.54) is 15.9 Å². The van der Waals surface area contributed by atoms with Gasteiger partial charge in [-0.2, -0.15) is 0 Å². The summed E-state index contributed by atoms with van der Waals surface area (Å²) < 4.78 is 6.46. The van der Waals surface area contributed by atoms with Crippen LogP contribution < -0.4 is 10.4 Å². The van der Waals surface area contributed by atoms with Crippen LogP contribution >= 0.6 is 0 Å². The molecule has 1 saturated carbocycles. The van der Waals surface area contributed by atoms with Crippen molar-refractivity contribution in [2.24, 2.45) is 11.8 Å². The summed E-state index contributed by atoms with van der Waals surface area (Å²) in [6, 6.07) is 19.6. The molecule has 0 unspecified atom stereocenters. The van der Waals surface area contributed by atoms with Gasteiger partial charge in [0.1, 0.15) is 0 Å². The van der Waals surface area contributed by atoms with Gasteiger partial charge < -0.3 is 9.53 Å². The lowest BCUT2D eigenvalue weighted by molar-refractivity contribution is 0.0738. The maximum Gasteiger partial charge on any atom is 0.282 e. The van der Waals surface area contributed by atoms with Gasteiger partial charge in [0, 0.05) is 13.2 Å². The van der Waals surface area contributed by atoms with E-state index in [9.17, 15) is 5.11 Å². The van der Waals surface area contributed by atoms with Crippen LogP contribution in [0.5, 0.6) is 0 Å². The third-order valence-corrected chi connectivity index (χ3v) is 7.27. The van der Waals surface area contributed by atoms with Crippen molar-refractivity contribution in [2.75, 3.05) is 13.2 Å². The van der Waals surface area contributed by atoms with Crippen molar-refractivity contribution in [3.8, 4) is 0 Å². The molecule has 1 radical (unpaired) electrons. The summed E-state index contributed by atoms with van der Waals surface area (Å²) in [5.74, 6) is 1.10. The zero-order valence-electron chi connectivity index (χ0n) is 15.5. The first kappa shape index (κ1) is 18.4. The van der Waals surface area contributed by atoms with Gasteiger partial charge in [-0.15, -0.1) is 0 Å². The summed E-state index contributed by atoms with van der Waals surface area (Å²) in [6.45, 7) is 7.86. The van der Waals surface area contributed by atoms with Crippen LogP contribution in [0.3, 0.4) is 0 Å². The van der Waals surface area contributed by atoms with Crippen LogP contribution in [-0.4, -0.2) is 27.4 Å². The Kier molecular flexibility index (Phi) is 5.77. The fourth-order valence-corrected chi connectivity index (χ4v) is 5.44. The number of rotatable bonds is 6. The van der Waals surface area contributed by atoms with Gasteiger partial charge in [-0.25, -0.2) is 0 Å². The lowest BCUT2D eigenvalue weighted by Crippen LogP contribution is -2.46. The molecule has 0 saturated heterocycles. The third-order valence-electron chi connectivity index (χ3n) is 5.10. The van der Waals surface area contributed by atoms with Crippen LogP contribution in [0.2, 0.25) is 0 Å². The second-order valence-electron chi connectivity index (χ2n) is 8.22. The van der Waals surface area contributed by atoms with Gasteiger partial charge in [-0.05, 0) is 46.0 Å². The Morgan fingerprint density at radius 1 is 0.920 bits per heavy atom. The molecule has 1 fully saturated rings. The summed E-state index contributed by atoms with van der Waals surface area (Å²) in [6.07, 6.45) is 2.20. The van der Waals surface area contributed by atoms with E-state index in [0.29, 0.717) is 18.4 Å². The minimum Gasteiger partial charge on any atom is -0.407 e. The molecule has 2 aromatic carbocycles. The van der Waals surface area contributed by atoms with Crippen molar-refractivity contribution in [3.63, 3.8) is 0 Å². The van der Waals surface area contributed by atoms with Crippen molar-refractivity contribution >= 4 is 19.4 Å². The minimum atomic E-state index is -1.22. The second kappa shape index (κ2) is 7.86. The predicted molar refractivity (Wildman–Crippen MR) is 106 cm³/mol. The molecule has 3 heteroatoms. The Labute approximate surface area is 153 Å². The Morgan fingerprint density at radius 3 is 2.08 bits per heavy atom. The van der Waals surface area contributed by atoms with Gasteiger partial charge >= 0.3 is 0 Å². The zero-order valence-corrected chi connectivity index (χ0v) is 16.5. The van der Waals surface area contributed by atoms with E-state index in [-0.39, 0.29) is 5.41 Å². The van der Waals surface area contributed by atoms with Crippen molar-refractivity contribution in [3.05, 3.63) is 60.2 Å². The third kappa shape index (κ3) is 4.60. The van der Waals surface area contributed by atoms with Crippen LogP contribution in [0.25, 0.3) is 0 Å². The van der Waals surface area contributed by atoms with Crippen molar-refractivity contribution in [1.29, 1.82) is 0 Å². The molecule has 2 aromatic rings. The molecule has 1 aliphatic rings. The molecule has 1 aliphatic carbocycles. The molecule has 0 aliphatic heterocycles. The van der Waals surface area contributed by atoms with Crippen LogP contribution in [0, 0.1) is 11.8 Å². The van der Waals surface area contributed by atoms with E-state index in [2.05, 4.69) is 75.4 Å². The number of aliphatic hydroxyl groups excluding tert-OH is 1. The Hall–Kier alpha value is -1.42. The summed E-state index contributed by atoms with van der Waals surface area (Å²) in [4.78, 5) is 0. The number of hydrogen-bond donors (Lipinski definition) is 1. The molecule has 0 spiro atoms. The topological polar surface area (TPSA) is 29.5 Å². The molecule has 25 heavy (non-hydrogen) atoms. The summed E-state index contributed by atoms with van der Waals surface area (Å²) >= 11 is 0. The average molecular weight is 354 g/mol. The fourth-order valence-electron chi connectivity index (χ4n) is 3.40. The molecule has 0 atom stereocenters. The first-order chi connectivity index (χ1) is 12.0. The fraction of sp³-hybridized carbons (Fsp3) is 0.455. The molecular weight excluding hydrogens is 324 g/mol. The summed E-state index contributed by atoms with van der Waals surface area (Å²) in [5, 5.41) is 11.8. The first-order valence-electron chi connectivity index (χ1n) is 9.24. The van der Waals surface area contributed by atoms with Gasteiger partial charge in [0.25, 0.3) is 9.04 Å². The molecule has 1 N–H and O–H groups in total. The molecule has 0 heterocycles. The molecule has 133 valence electrons. The highest BCUT2D eigenvalue weighted by atomic mass is 28.3. The van der Waals surface area contributed by atoms with E-state index >= 15 is 0 Å². The second-order valence-corrected chi connectivity index (χ2v) is 10.3. The van der Waals surface area contributed by atoms with Gasteiger partial charge in [-0.1, -0.05) is 75.4 Å². The van der Waals surface area contributed by atoms with Crippen molar-refractivity contribution < 1.29 is 9.53 Å². The Balaban J connectivity index is 1.75. The smallest absolute Gasteiger partial charge is 0.282 e. The van der Waals surface area contributed by atoms with E-state index in [1.807, 2.05) is 0 Å². The number of aliphatic hydroxyl groups is 1. The quantitative estimate of drug-likeness (QED) is 0.809. The number of hydrogen-bond acceptors (Lipinski definition) is 2. The molecule has 0 amide bonds. The number of benzene rings is 2. The Morgan fingerprint density at radius 2 is 1.52 bits per heavy atom.